The first-order valence-electron chi connectivity index (χ1n) is 4.74. The van der Waals surface area contributed by atoms with Crippen LogP contribution in [0.4, 0.5) is 0 Å². The molecule has 0 amide bonds. The van der Waals surface area contributed by atoms with Crippen LogP contribution in [0, 0.1) is 16.7 Å². The van der Waals surface area contributed by atoms with Crippen molar-refractivity contribution in [1.29, 1.82) is 0 Å². The molecule has 2 aliphatic rings. The molecule has 2 N–H and O–H groups in total. The molecule has 2 bridgehead atoms. The SMILES string of the molecule is CC1(C)[C@H]2CC[C@]1(C)[C@@H](N)C2.Cl. The van der Waals surface area contributed by atoms with Gasteiger partial charge in [-0.25, -0.2) is 0 Å². The third-order valence-corrected chi connectivity index (χ3v) is 4.86. The fourth-order valence-corrected chi connectivity index (χ4v) is 3.27. The zero-order valence-electron chi connectivity index (χ0n) is 8.26. The Labute approximate surface area is 81.5 Å². The highest BCUT2D eigenvalue weighted by atomic mass is 35.5. The summed E-state index contributed by atoms with van der Waals surface area (Å²) in [5.41, 5.74) is 7.08. The predicted molar refractivity (Wildman–Crippen MR) is 54.5 cm³/mol. The zero-order chi connectivity index (χ0) is 8.28. The van der Waals surface area contributed by atoms with Crippen molar-refractivity contribution in [2.75, 3.05) is 0 Å². The third-order valence-electron chi connectivity index (χ3n) is 4.86. The van der Waals surface area contributed by atoms with E-state index in [9.17, 15) is 0 Å². The van der Waals surface area contributed by atoms with E-state index in [1.165, 1.54) is 19.3 Å². The topological polar surface area (TPSA) is 26.0 Å². The second-order valence-corrected chi connectivity index (χ2v) is 5.22. The first-order chi connectivity index (χ1) is 4.98. The Hall–Kier alpha value is 0.250. The van der Waals surface area contributed by atoms with E-state index in [0.717, 1.165) is 5.92 Å². The molecule has 3 atom stereocenters. The molecular formula is C10H20ClN. The summed E-state index contributed by atoms with van der Waals surface area (Å²) < 4.78 is 0. The lowest BCUT2D eigenvalue weighted by Gasteiger charge is -2.37. The molecule has 2 fully saturated rings. The van der Waals surface area contributed by atoms with Gasteiger partial charge >= 0.3 is 0 Å². The second-order valence-electron chi connectivity index (χ2n) is 5.22. The molecule has 1 nitrogen and oxygen atoms in total. The number of hydrogen-bond donors (Lipinski definition) is 1. The number of halogens is 1. The molecule has 0 aromatic carbocycles. The molecule has 0 aliphatic heterocycles. The summed E-state index contributed by atoms with van der Waals surface area (Å²) >= 11 is 0. The van der Waals surface area contributed by atoms with Gasteiger partial charge in [0.25, 0.3) is 0 Å². The van der Waals surface area contributed by atoms with E-state index in [-0.39, 0.29) is 12.4 Å². The maximum absolute atomic E-state index is 6.13. The van der Waals surface area contributed by atoms with E-state index in [2.05, 4.69) is 20.8 Å². The van der Waals surface area contributed by atoms with E-state index in [1.807, 2.05) is 0 Å². The van der Waals surface area contributed by atoms with Crippen LogP contribution in [0.5, 0.6) is 0 Å². The summed E-state index contributed by atoms with van der Waals surface area (Å²) in [6.07, 6.45) is 4.03. The molecule has 12 heavy (non-hydrogen) atoms. The highest BCUT2D eigenvalue weighted by Gasteiger charge is 2.59. The lowest BCUT2D eigenvalue weighted by molar-refractivity contribution is 0.136. The van der Waals surface area contributed by atoms with Gasteiger partial charge in [-0.05, 0) is 36.0 Å². The summed E-state index contributed by atoms with van der Waals surface area (Å²) in [5, 5.41) is 0. The highest BCUT2D eigenvalue weighted by molar-refractivity contribution is 5.85. The van der Waals surface area contributed by atoms with Gasteiger partial charge in [-0.2, -0.15) is 0 Å². The molecule has 2 saturated carbocycles. The highest BCUT2D eigenvalue weighted by Crippen LogP contribution is 2.64. The van der Waals surface area contributed by atoms with E-state index in [1.54, 1.807) is 0 Å². The van der Waals surface area contributed by atoms with Gasteiger partial charge < -0.3 is 5.73 Å². The number of nitrogens with two attached hydrogens (primary N) is 1. The van der Waals surface area contributed by atoms with Crippen LogP contribution in [0.15, 0.2) is 0 Å². The van der Waals surface area contributed by atoms with Gasteiger partial charge in [-0.3, -0.25) is 0 Å². The van der Waals surface area contributed by atoms with Crippen LogP contribution in [0.1, 0.15) is 40.0 Å². The van der Waals surface area contributed by atoms with Crippen molar-refractivity contribution < 1.29 is 0 Å². The summed E-state index contributed by atoms with van der Waals surface area (Å²) in [4.78, 5) is 0. The van der Waals surface area contributed by atoms with E-state index < -0.39 is 0 Å². The van der Waals surface area contributed by atoms with E-state index in [0.29, 0.717) is 16.9 Å². The molecule has 2 aliphatic carbocycles. The van der Waals surface area contributed by atoms with Crippen LogP contribution in [0.2, 0.25) is 0 Å². The van der Waals surface area contributed by atoms with Crippen LogP contribution in [-0.4, -0.2) is 6.04 Å². The van der Waals surface area contributed by atoms with Gasteiger partial charge in [0.1, 0.15) is 0 Å². The Balaban J connectivity index is 0.000000720. The van der Waals surface area contributed by atoms with Crippen LogP contribution in [0.25, 0.3) is 0 Å². The van der Waals surface area contributed by atoms with Crippen molar-refractivity contribution in [3.8, 4) is 0 Å². The smallest absolute Gasteiger partial charge is 0.0101 e. The first-order valence-corrected chi connectivity index (χ1v) is 4.74. The summed E-state index contributed by atoms with van der Waals surface area (Å²) in [6.45, 7) is 7.18. The standard InChI is InChI=1S/C10H19N.ClH/c1-9(2)7-4-5-10(9,3)8(11)6-7;/h7-8H,4-6,11H2,1-3H3;1H/t7-,8-,10+;/m0./s1. The molecule has 0 radical (unpaired) electrons. The molecule has 0 unspecified atom stereocenters. The molecule has 2 heteroatoms. The lowest BCUT2D eigenvalue weighted by Crippen LogP contribution is -2.40. The largest absolute Gasteiger partial charge is 0.327 e. The third kappa shape index (κ3) is 0.898. The van der Waals surface area contributed by atoms with Gasteiger partial charge in [-0.15, -0.1) is 12.4 Å². The number of rotatable bonds is 0. The van der Waals surface area contributed by atoms with Gasteiger partial charge in [0.05, 0.1) is 0 Å². The Bertz CT molecular complexity index is 190. The van der Waals surface area contributed by atoms with Crippen molar-refractivity contribution in [1.82, 2.24) is 0 Å². The molecule has 0 saturated heterocycles. The zero-order valence-corrected chi connectivity index (χ0v) is 9.08. The molecule has 0 aromatic rings. The molecular weight excluding hydrogens is 170 g/mol. The van der Waals surface area contributed by atoms with E-state index >= 15 is 0 Å². The summed E-state index contributed by atoms with van der Waals surface area (Å²) in [6, 6.07) is 0.469. The quantitative estimate of drug-likeness (QED) is 0.623. The van der Waals surface area contributed by atoms with Gasteiger partial charge in [0, 0.05) is 6.04 Å². The maximum Gasteiger partial charge on any atom is 0.0101 e. The van der Waals surface area contributed by atoms with Gasteiger partial charge in [-0.1, -0.05) is 20.8 Å². The Morgan fingerprint density at radius 2 is 1.83 bits per heavy atom. The minimum Gasteiger partial charge on any atom is -0.327 e. The Morgan fingerprint density at radius 3 is 2.00 bits per heavy atom. The van der Waals surface area contributed by atoms with Crippen LogP contribution in [-0.2, 0) is 0 Å². The van der Waals surface area contributed by atoms with Crippen LogP contribution in [0.3, 0.4) is 0 Å². The molecule has 72 valence electrons. The van der Waals surface area contributed by atoms with Crippen molar-refractivity contribution in [3.05, 3.63) is 0 Å². The minimum absolute atomic E-state index is 0. The van der Waals surface area contributed by atoms with Crippen molar-refractivity contribution in [2.24, 2.45) is 22.5 Å². The average molecular weight is 190 g/mol. The Morgan fingerprint density at radius 1 is 1.25 bits per heavy atom. The molecule has 0 spiro atoms. The second kappa shape index (κ2) is 2.62. The van der Waals surface area contributed by atoms with Gasteiger partial charge in [0.15, 0.2) is 0 Å². The summed E-state index contributed by atoms with van der Waals surface area (Å²) in [5.74, 6) is 0.905. The molecule has 0 aromatic heterocycles. The van der Waals surface area contributed by atoms with Crippen molar-refractivity contribution in [2.45, 2.75) is 46.1 Å². The van der Waals surface area contributed by atoms with Crippen LogP contribution < -0.4 is 5.73 Å². The van der Waals surface area contributed by atoms with Crippen molar-refractivity contribution >= 4 is 12.4 Å². The number of hydrogen-bond acceptors (Lipinski definition) is 1. The number of fused-ring (bicyclic) bond motifs is 2. The minimum atomic E-state index is 0. The predicted octanol–water partition coefficient (Wildman–Crippen LogP) is 2.58. The molecule has 0 heterocycles. The lowest BCUT2D eigenvalue weighted by atomic mass is 9.69. The van der Waals surface area contributed by atoms with E-state index in [4.69, 9.17) is 5.73 Å². The normalized spacial score (nSPS) is 49.0. The first kappa shape index (κ1) is 10.3. The van der Waals surface area contributed by atoms with Crippen molar-refractivity contribution in [3.63, 3.8) is 0 Å². The molecule has 2 rings (SSSR count). The average Bonchev–Trinajstić information content (AvgIpc) is 2.20. The Kier molecular flexibility index (Phi) is 2.25. The maximum atomic E-state index is 6.13. The monoisotopic (exact) mass is 189 g/mol. The summed E-state index contributed by atoms with van der Waals surface area (Å²) in [7, 11) is 0. The fourth-order valence-electron chi connectivity index (χ4n) is 3.27. The fraction of sp³-hybridized carbons (Fsp3) is 1.00. The van der Waals surface area contributed by atoms with Gasteiger partial charge in [0.2, 0.25) is 0 Å². The van der Waals surface area contributed by atoms with Crippen LogP contribution >= 0.6 is 12.4 Å².